The van der Waals surface area contributed by atoms with E-state index in [4.69, 9.17) is 24.7 Å². The minimum Gasteiger partial charge on any atom is -0.493 e. The van der Waals surface area contributed by atoms with Gasteiger partial charge in [0.05, 0.1) is 30.1 Å². The Bertz CT molecular complexity index is 1190. The highest BCUT2D eigenvalue weighted by Gasteiger charge is 2.36. The lowest BCUT2D eigenvalue weighted by molar-refractivity contribution is -0.384. The molecule has 33 heavy (non-hydrogen) atoms. The second kappa shape index (κ2) is 9.74. The van der Waals surface area contributed by atoms with Crippen LogP contribution in [0.5, 0.6) is 17.2 Å². The van der Waals surface area contributed by atoms with Gasteiger partial charge in [-0.05, 0) is 43.7 Å². The van der Waals surface area contributed by atoms with Crippen LogP contribution in [-0.2, 0) is 14.3 Å². The van der Waals surface area contributed by atoms with Crippen LogP contribution >= 0.6 is 0 Å². The van der Waals surface area contributed by atoms with E-state index in [9.17, 15) is 20.2 Å². The summed E-state index contributed by atoms with van der Waals surface area (Å²) in [4.78, 5) is 23.0. The van der Waals surface area contributed by atoms with Gasteiger partial charge < -0.3 is 24.7 Å². The third-order valence-electron chi connectivity index (χ3n) is 4.90. The molecular weight excluding hydrogens is 430 g/mol. The summed E-state index contributed by atoms with van der Waals surface area (Å²) in [6.07, 6.45) is 0. The Balaban J connectivity index is 2.02. The molecule has 1 heterocycles. The number of allylic oxidation sites excluding steroid dienone is 2. The van der Waals surface area contributed by atoms with Crippen molar-refractivity contribution in [2.75, 3.05) is 13.7 Å². The summed E-state index contributed by atoms with van der Waals surface area (Å²) in [5, 5.41) is 20.5. The minimum atomic E-state index is -0.829. The standard InChI is InChI=1S/C23H21N3O7/c1-4-31-23(27)20-13(2)32-22(25)17(12-24)21(20)14-5-10-18(19(11-14)30-3)33-16-8-6-15(7-9-16)26(28)29/h5-11,21H,4,25H2,1-3H3. The van der Waals surface area contributed by atoms with Crippen molar-refractivity contribution in [1.82, 2.24) is 0 Å². The van der Waals surface area contributed by atoms with Crippen LogP contribution < -0.4 is 15.2 Å². The van der Waals surface area contributed by atoms with Gasteiger partial charge in [0.1, 0.15) is 23.2 Å². The maximum Gasteiger partial charge on any atom is 0.338 e. The zero-order valence-corrected chi connectivity index (χ0v) is 18.2. The van der Waals surface area contributed by atoms with E-state index >= 15 is 0 Å². The van der Waals surface area contributed by atoms with E-state index in [2.05, 4.69) is 0 Å². The smallest absolute Gasteiger partial charge is 0.338 e. The quantitative estimate of drug-likeness (QED) is 0.374. The third-order valence-corrected chi connectivity index (χ3v) is 4.90. The maximum absolute atomic E-state index is 12.7. The van der Waals surface area contributed by atoms with E-state index in [0.717, 1.165) is 0 Å². The molecule has 0 amide bonds. The number of nitro benzene ring substituents is 1. The Morgan fingerprint density at radius 3 is 2.52 bits per heavy atom. The number of carbonyl (C=O) groups is 1. The number of nitro groups is 1. The molecule has 0 spiro atoms. The van der Waals surface area contributed by atoms with Gasteiger partial charge in [0.25, 0.3) is 5.69 Å². The molecule has 0 aliphatic carbocycles. The highest BCUT2D eigenvalue weighted by atomic mass is 16.6. The third kappa shape index (κ3) is 4.72. The Hall–Kier alpha value is -4.52. The molecule has 0 fully saturated rings. The second-order valence-corrected chi connectivity index (χ2v) is 6.88. The van der Waals surface area contributed by atoms with Crippen LogP contribution in [0.25, 0.3) is 0 Å². The normalized spacial score (nSPS) is 15.4. The summed E-state index contributed by atoms with van der Waals surface area (Å²) in [6, 6.07) is 12.5. The summed E-state index contributed by atoms with van der Waals surface area (Å²) in [5.41, 5.74) is 6.62. The molecule has 1 aliphatic rings. The van der Waals surface area contributed by atoms with Gasteiger partial charge in [0, 0.05) is 12.1 Å². The Morgan fingerprint density at radius 1 is 1.24 bits per heavy atom. The SMILES string of the molecule is CCOC(=O)C1=C(C)OC(N)=C(C#N)C1c1ccc(Oc2ccc([N+](=O)[O-])cc2)c(OC)c1. The lowest BCUT2D eigenvalue weighted by Gasteiger charge is -2.27. The monoisotopic (exact) mass is 451 g/mol. The fourth-order valence-corrected chi connectivity index (χ4v) is 3.40. The van der Waals surface area contributed by atoms with Crippen molar-refractivity contribution in [2.45, 2.75) is 19.8 Å². The lowest BCUT2D eigenvalue weighted by atomic mass is 9.83. The first-order valence-electron chi connectivity index (χ1n) is 9.86. The fraction of sp³-hybridized carbons (Fsp3) is 0.217. The van der Waals surface area contributed by atoms with Gasteiger partial charge in [-0.2, -0.15) is 5.26 Å². The lowest BCUT2D eigenvalue weighted by Crippen LogP contribution is -2.25. The Morgan fingerprint density at radius 2 is 1.94 bits per heavy atom. The van der Waals surface area contributed by atoms with Crippen LogP contribution in [0.2, 0.25) is 0 Å². The Labute approximate surface area is 189 Å². The summed E-state index contributed by atoms with van der Waals surface area (Å²) in [5.74, 6) is -0.304. The molecule has 1 aliphatic heterocycles. The van der Waals surface area contributed by atoms with Gasteiger partial charge in [-0.3, -0.25) is 10.1 Å². The van der Waals surface area contributed by atoms with Crippen LogP contribution in [-0.4, -0.2) is 24.6 Å². The van der Waals surface area contributed by atoms with E-state index < -0.39 is 16.8 Å². The van der Waals surface area contributed by atoms with Crippen LogP contribution in [0.15, 0.2) is 65.3 Å². The van der Waals surface area contributed by atoms with Gasteiger partial charge in [0.2, 0.25) is 5.88 Å². The first-order chi connectivity index (χ1) is 15.8. The molecule has 0 bridgehead atoms. The second-order valence-electron chi connectivity index (χ2n) is 6.88. The van der Waals surface area contributed by atoms with E-state index in [1.165, 1.54) is 31.4 Å². The number of nitriles is 1. The topological polar surface area (TPSA) is 147 Å². The highest BCUT2D eigenvalue weighted by molar-refractivity contribution is 5.92. The molecule has 1 atom stereocenters. The molecule has 10 heteroatoms. The van der Waals surface area contributed by atoms with Gasteiger partial charge in [0.15, 0.2) is 11.5 Å². The number of hydrogen-bond acceptors (Lipinski definition) is 9. The number of nitrogens with two attached hydrogens (primary N) is 1. The number of hydrogen-bond donors (Lipinski definition) is 1. The number of benzene rings is 2. The molecule has 2 aromatic carbocycles. The zero-order chi connectivity index (χ0) is 24.1. The Kier molecular flexibility index (Phi) is 6.83. The van der Waals surface area contributed by atoms with Crippen LogP contribution in [0.3, 0.4) is 0 Å². The van der Waals surface area contributed by atoms with Crippen molar-refractivity contribution < 1.29 is 28.7 Å². The number of methoxy groups -OCH3 is 1. The largest absolute Gasteiger partial charge is 0.493 e. The molecule has 1 unspecified atom stereocenters. The molecule has 2 aromatic rings. The summed E-state index contributed by atoms with van der Waals surface area (Å²) in [7, 11) is 1.44. The van der Waals surface area contributed by atoms with E-state index in [1.54, 1.807) is 32.0 Å². The van der Waals surface area contributed by atoms with Crippen LogP contribution in [0, 0.1) is 21.4 Å². The van der Waals surface area contributed by atoms with Gasteiger partial charge in [-0.25, -0.2) is 4.79 Å². The highest BCUT2D eigenvalue weighted by Crippen LogP contribution is 2.42. The average Bonchev–Trinajstić information content (AvgIpc) is 2.79. The molecule has 3 rings (SSSR count). The minimum absolute atomic E-state index is 0.0637. The van der Waals surface area contributed by atoms with E-state index in [1.807, 2.05) is 6.07 Å². The van der Waals surface area contributed by atoms with Crippen LogP contribution in [0.4, 0.5) is 5.69 Å². The summed E-state index contributed by atoms with van der Waals surface area (Å²) < 4.78 is 21.8. The van der Waals surface area contributed by atoms with E-state index in [0.29, 0.717) is 22.8 Å². The molecule has 0 saturated carbocycles. The van der Waals surface area contributed by atoms with Gasteiger partial charge in [-0.1, -0.05) is 6.07 Å². The van der Waals surface area contributed by atoms with Crippen molar-refractivity contribution >= 4 is 11.7 Å². The number of non-ortho nitro benzene ring substituents is 1. The predicted octanol–water partition coefficient (Wildman–Crippen LogP) is 4.04. The molecule has 0 saturated heterocycles. The van der Waals surface area contributed by atoms with Crippen molar-refractivity contribution in [1.29, 1.82) is 5.26 Å². The van der Waals surface area contributed by atoms with Crippen molar-refractivity contribution in [3.63, 3.8) is 0 Å². The summed E-state index contributed by atoms with van der Waals surface area (Å²) >= 11 is 0. The molecule has 170 valence electrons. The predicted molar refractivity (Wildman–Crippen MR) is 116 cm³/mol. The number of carbonyl (C=O) groups excluding carboxylic acids is 1. The first-order valence-corrected chi connectivity index (χ1v) is 9.86. The van der Waals surface area contributed by atoms with Crippen molar-refractivity contribution in [3.05, 3.63) is 80.9 Å². The average molecular weight is 451 g/mol. The fourth-order valence-electron chi connectivity index (χ4n) is 3.40. The molecule has 10 nitrogen and oxygen atoms in total. The number of nitrogens with zero attached hydrogens (tertiary/aromatic N) is 2. The van der Waals surface area contributed by atoms with E-state index in [-0.39, 0.29) is 35.1 Å². The summed E-state index contributed by atoms with van der Waals surface area (Å²) in [6.45, 7) is 3.40. The molecule has 2 N–H and O–H groups in total. The first kappa shape index (κ1) is 23.1. The van der Waals surface area contributed by atoms with Gasteiger partial charge in [-0.15, -0.1) is 0 Å². The van der Waals surface area contributed by atoms with Crippen LogP contribution in [0.1, 0.15) is 25.3 Å². The number of rotatable bonds is 7. The van der Waals surface area contributed by atoms with Crippen molar-refractivity contribution in [2.24, 2.45) is 5.73 Å². The molecule has 0 radical (unpaired) electrons. The molecule has 0 aromatic heterocycles. The molecular formula is C23H21N3O7. The number of esters is 1. The van der Waals surface area contributed by atoms with Crippen molar-refractivity contribution in [3.8, 4) is 23.3 Å². The number of ether oxygens (including phenoxy) is 4. The maximum atomic E-state index is 12.7. The van der Waals surface area contributed by atoms with Gasteiger partial charge >= 0.3 is 5.97 Å². The zero-order valence-electron chi connectivity index (χ0n) is 18.2.